The van der Waals surface area contributed by atoms with Crippen molar-refractivity contribution in [2.24, 2.45) is 17.6 Å². The van der Waals surface area contributed by atoms with E-state index in [4.69, 9.17) is 5.73 Å². The van der Waals surface area contributed by atoms with Gasteiger partial charge in [-0.05, 0) is 24.7 Å². The Labute approximate surface area is 105 Å². The van der Waals surface area contributed by atoms with E-state index in [1.54, 1.807) is 0 Å². The second-order valence-corrected chi connectivity index (χ2v) is 5.25. The molecule has 1 rings (SSSR count). The van der Waals surface area contributed by atoms with Crippen LogP contribution in [0, 0.1) is 11.8 Å². The van der Waals surface area contributed by atoms with E-state index >= 15 is 0 Å². The van der Waals surface area contributed by atoms with E-state index in [2.05, 4.69) is 12.2 Å². The van der Waals surface area contributed by atoms with Crippen LogP contribution in [0.15, 0.2) is 0 Å². The van der Waals surface area contributed by atoms with Gasteiger partial charge in [-0.3, -0.25) is 4.79 Å². The average Bonchev–Trinajstić information content (AvgIpc) is 2.16. The van der Waals surface area contributed by atoms with Crippen LogP contribution in [0.2, 0.25) is 0 Å². The van der Waals surface area contributed by atoms with Crippen LogP contribution in [0.4, 0.5) is 0 Å². The molecule has 1 saturated carbocycles. The number of nitrogens with one attached hydrogen (secondary N) is 1. The molecule has 0 saturated heterocycles. The molecule has 96 valence electrons. The molecule has 1 aliphatic carbocycles. The summed E-state index contributed by atoms with van der Waals surface area (Å²) in [5.41, 5.74) is 5.80. The molecule has 0 bridgehead atoms. The standard InChI is InChI=1S/C12H24N2O.ClH/c1-8(2)11(13)12(15)14-10-6-4-5-9(3)7-10;/h8-11H,4-7,13H2,1-3H3,(H,14,15);1H. The van der Waals surface area contributed by atoms with E-state index in [0.717, 1.165) is 18.8 Å². The van der Waals surface area contributed by atoms with Crippen molar-refractivity contribution in [3.63, 3.8) is 0 Å². The van der Waals surface area contributed by atoms with Gasteiger partial charge in [0.25, 0.3) is 0 Å². The molecule has 0 aromatic carbocycles. The number of hydrogen-bond donors (Lipinski definition) is 2. The lowest BCUT2D eigenvalue weighted by atomic mass is 9.87. The molecule has 4 heteroatoms. The summed E-state index contributed by atoms with van der Waals surface area (Å²) in [6.45, 7) is 6.21. The monoisotopic (exact) mass is 248 g/mol. The first-order valence-corrected chi connectivity index (χ1v) is 6.06. The Kier molecular flexibility index (Phi) is 7.00. The molecule has 3 N–H and O–H groups in total. The van der Waals surface area contributed by atoms with E-state index in [1.807, 2.05) is 13.8 Å². The van der Waals surface area contributed by atoms with Crippen LogP contribution in [0.3, 0.4) is 0 Å². The third-order valence-corrected chi connectivity index (χ3v) is 3.30. The predicted molar refractivity (Wildman–Crippen MR) is 69.6 cm³/mol. The molecule has 0 aromatic heterocycles. The minimum absolute atomic E-state index is 0. The van der Waals surface area contributed by atoms with Crippen molar-refractivity contribution in [2.45, 2.75) is 58.5 Å². The third kappa shape index (κ3) is 4.71. The van der Waals surface area contributed by atoms with Gasteiger partial charge >= 0.3 is 0 Å². The SMILES string of the molecule is CC1CCCC(NC(=O)C(N)C(C)C)C1.Cl. The smallest absolute Gasteiger partial charge is 0.237 e. The summed E-state index contributed by atoms with van der Waals surface area (Å²) in [4.78, 5) is 11.7. The largest absolute Gasteiger partial charge is 0.352 e. The molecule has 1 fully saturated rings. The molecule has 3 nitrogen and oxygen atoms in total. The van der Waals surface area contributed by atoms with Gasteiger partial charge in [-0.25, -0.2) is 0 Å². The Morgan fingerprint density at radius 3 is 2.50 bits per heavy atom. The molecule has 1 amide bonds. The minimum Gasteiger partial charge on any atom is -0.352 e. The van der Waals surface area contributed by atoms with Gasteiger partial charge in [-0.15, -0.1) is 12.4 Å². The maximum atomic E-state index is 11.7. The van der Waals surface area contributed by atoms with Gasteiger partial charge in [0, 0.05) is 6.04 Å². The zero-order valence-corrected chi connectivity index (χ0v) is 11.3. The van der Waals surface area contributed by atoms with Gasteiger partial charge in [0.05, 0.1) is 6.04 Å². The molecule has 0 aromatic rings. The number of carbonyl (C=O) groups excluding carboxylic acids is 1. The highest BCUT2D eigenvalue weighted by Crippen LogP contribution is 2.23. The zero-order valence-electron chi connectivity index (χ0n) is 10.5. The van der Waals surface area contributed by atoms with Gasteiger partial charge in [0.15, 0.2) is 0 Å². The molecule has 0 radical (unpaired) electrons. The summed E-state index contributed by atoms with van der Waals surface area (Å²) >= 11 is 0. The van der Waals surface area contributed by atoms with E-state index < -0.39 is 0 Å². The maximum Gasteiger partial charge on any atom is 0.237 e. The molecular weight excluding hydrogens is 224 g/mol. The summed E-state index contributed by atoms with van der Waals surface area (Å²) < 4.78 is 0. The molecule has 0 aliphatic heterocycles. The topological polar surface area (TPSA) is 55.1 Å². The van der Waals surface area contributed by atoms with Crippen LogP contribution in [-0.2, 0) is 4.79 Å². The maximum absolute atomic E-state index is 11.7. The lowest BCUT2D eigenvalue weighted by Crippen LogP contribution is -2.48. The fourth-order valence-electron chi connectivity index (χ4n) is 2.17. The highest BCUT2D eigenvalue weighted by atomic mass is 35.5. The first-order valence-electron chi connectivity index (χ1n) is 6.06. The van der Waals surface area contributed by atoms with Gasteiger partial charge in [-0.2, -0.15) is 0 Å². The summed E-state index contributed by atoms with van der Waals surface area (Å²) in [6, 6.07) is -0.00622. The number of nitrogens with two attached hydrogens (primary N) is 1. The number of carbonyl (C=O) groups is 1. The van der Waals surface area contributed by atoms with Crippen LogP contribution < -0.4 is 11.1 Å². The normalized spacial score (nSPS) is 27.1. The highest BCUT2D eigenvalue weighted by Gasteiger charge is 2.23. The fourth-order valence-corrected chi connectivity index (χ4v) is 2.17. The Bertz CT molecular complexity index is 221. The molecule has 3 unspecified atom stereocenters. The highest BCUT2D eigenvalue weighted by molar-refractivity contribution is 5.85. The Morgan fingerprint density at radius 2 is 2.00 bits per heavy atom. The second-order valence-electron chi connectivity index (χ2n) is 5.25. The average molecular weight is 249 g/mol. The number of hydrogen-bond acceptors (Lipinski definition) is 2. The minimum atomic E-state index is -0.359. The molecule has 16 heavy (non-hydrogen) atoms. The summed E-state index contributed by atoms with van der Waals surface area (Å²) in [5, 5.41) is 3.07. The molecule has 1 aliphatic rings. The van der Waals surface area contributed by atoms with Crippen molar-refractivity contribution in [1.82, 2.24) is 5.32 Å². The van der Waals surface area contributed by atoms with Crippen LogP contribution in [-0.4, -0.2) is 18.0 Å². The van der Waals surface area contributed by atoms with Crippen molar-refractivity contribution in [1.29, 1.82) is 0 Å². The zero-order chi connectivity index (χ0) is 11.4. The summed E-state index contributed by atoms with van der Waals surface area (Å²) in [5.74, 6) is 0.967. The van der Waals surface area contributed by atoms with E-state index in [9.17, 15) is 4.79 Å². The second kappa shape index (κ2) is 7.13. The predicted octanol–water partition coefficient (Wildman–Crippen LogP) is 2.09. The molecular formula is C12H25ClN2O. The van der Waals surface area contributed by atoms with Crippen molar-refractivity contribution in [3.05, 3.63) is 0 Å². The van der Waals surface area contributed by atoms with Gasteiger partial charge in [-0.1, -0.05) is 33.6 Å². The lowest BCUT2D eigenvalue weighted by Gasteiger charge is -2.29. The molecule has 0 spiro atoms. The van der Waals surface area contributed by atoms with E-state index in [1.165, 1.54) is 12.8 Å². The quantitative estimate of drug-likeness (QED) is 0.804. The number of rotatable bonds is 3. The van der Waals surface area contributed by atoms with Crippen molar-refractivity contribution in [3.8, 4) is 0 Å². The van der Waals surface area contributed by atoms with E-state index in [0.29, 0.717) is 6.04 Å². The lowest BCUT2D eigenvalue weighted by molar-refractivity contribution is -0.124. The fraction of sp³-hybridized carbons (Fsp3) is 0.917. The van der Waals surface area contributed by atoms with Crippen LogP contribution in [0.25, 0.3) is 0 Å². The third-order valence-electron chi connectivity index (χ3n) is 3.30. The first-order chi connectivity index (χ1) is 7.00. The Hall–Kier alpha value is -0.280. The van der Waals surface area contributed by atoms with Crippen LogP contribution in [0.5, 0.6) is 0 Å². The van der Waals surface area contributed by atoms with Gasteiger partial charge in [0.2, 0.25) is 5.91 Å². The molecule has 0 heterocycles. The number of halogens is 1. The van der Waals surface area contributed by atoms with Gasteiger partial charge < -0.3 is 11.1 Å². The van der Waals surface area contributed by atoms with Gasteiger partial charge in [0.1, 0.15) is 0 Å². The van der Waals surface area contributed by atoms with E-state index in [-0.39, 0.29) is 30.3 Å². The molecule has 3 atom stereocenters. The summed E-state index contributed by atoms with van der Waals surface area (Å²) in [7, 11) is 0. The Morgan fingerprint density at radius 1 is 1.38 bits per heavy atom. The van der Waals surface area contributed by atoms with Crippen molar-refractivity contribution in [2.75, 3.05) is 0 Å². The Balaban J connectivity index is 0.00000225. The van der Waals surface area contributed by atoms with Crippen molar-refractivity contribution < 1.29 is 4.79 Å². The van der Waals surface area contributed by atoms with Crippen molar-refractivity contribution >= 4 is 18.3 Å². The first kappa shape index (κ1) is 15.7. The number of amides is 1. The van der Waals surface area contributed by atoms with Crippen LogP contribution >= 0.6 is 12.4 Å². The summed E-state index contributed by atoms with van der Waals surface area (Å²) in [6.07, 6.45) is 4.74. The van der Waals surface area contributed by atoms with Crippen LogP contribution in [0.1, 0.15) is 46.5 Å².